The molecule has 0 saturated heterocycles. The van der Waals surface area contributed by atoms with Crippen LogP contribution in [-0.4, -0.2) is 12.6 Å². The topological polar surface area (TPSA) is 26.3 Å². The highest BCUT2D eigenvalue weighted by Crippen LogP contribution is 2.07. The molecule has 0 heterocycles. The highest BCUT2D eigenvalue weighted by atomic mass is 16.5. The second kappa shape index (κ2) is 12.7. The monoisotopic (exact) mass is 254 g/mol. The number of unbranched alkanes of at least 4 members (excludes halogenated alkanes) is 7. The van der Waals surface area contributed by atoms with Crippen LogP contribution in [0.15, 0.2) is 11.6 Å². The molecule has 0 fully saturated rings. The lowest BCUT2D eigenvalue weighted by Crippen LogP contribution is -2.07. The molecule has 106 valence electrons. The van der Waals surface area contributed by atoms with E-state index in [1.165, 1.54) is 32.1 Å². The van der Waals surface area contributed by atoms with Crippen molar-refractivity contribution < 1.29 is 9.53 Å². The predicted molar refractivity (Wildman–Crippen MR) is 77.6 cm³/mol. The maximum atomic E-state index is 11.6. The summed E-state index contributed by atoms with van der Waals surface area (Å²) >= 11 is 0. The van der Waals surface area contributed by atoms with Crippen molar-refractivity contribution in [2.24, 2.45) is 0 Å². The van der Waals surface area contributed by atoms with Gasteiger partial charge in [-0.2, -0.15) is 0 Å². The summed E-state index contributed by atoms with van der Waals surface area (Å²) in [7, 11) is 0. The van der Waals surface area contributed by atoms with Crippen molar-refractivity contribution in [2.45, 2.75) is 78.6 Å². The van der Waals surface area contributed by atoms with Crippen LogP contribution in [0, 0.1) is 0 Å². The van der Waals surface area contributed by atoms with Crippen molar-refractivity contribution in [2.75, 3.05) is 6.61 Å². The molecule has 0 amide bonds. The maximum Gasteiger partial charge on any atom is 0.333 e. The molecule has 0 N–H and O–H groups in total. The molecular weight excluding hydrogens is 224 g/mol. The fourth-order valence-electron chi connectivity index (χ4n) is 1.77. The Hall–Kier alpha value is -0.790. The third-order valence-corrected chi connectivity index (χ3v) is 3.06. The molecule has 0 rings (SSSR count). The Morgan fingerprint density at radius 3 is 2.22 bits per heavy atom. The summed E-state index contributed by atoms with van der Waals surface area (Å²) in [5.74, 6) is -0.139. The summed E-state index contributed by atoms with van der Waals surface area (Å²) in [6.45, 7) is 6.79. The van der Waals surface area contributed by atoms with E-state index in [9.17, 15) is 4.79 Å². The minimum Gasteiger partial charge on any atom is -0.462 e. The van der Waals surface area contributed by atoms with Gasteiger partial charge in [0.25, 0.3) is 0 Å². The summed E-state index contributed by atoms with van der Waals surface area (Å²) in [6, 6.07) is 0. The predicted octanol–water partition coefficient (Wildman–Crippen LogP) is 5.03. The van der Waals surface area contributed by atoms with E-state index in [1.807, 2.05) is 13.0 Å². The Labute approximate surface area is 113 Å². The Morgan fingerprint density at radius 2 is 1.56 bits per heavy atom. The summed E-state index contributed by atoms with van der Waals surface area (Å²) in [5.41, 5.74) is 0.759. The van der Waals surface area contributed by atoms with Gasteiger partial charge in [0.1, 0.15) is 0 Å². The maximum absolute atomic E-state index is 11.6. The molecule has 2 heteroatoms. The van der Waals surface area contributed by atoms with Crippen molar-refractivity contribution >= 4 is 5.97 Å². The normalized spacial score (nSPS) is 11.6. The van der Waals surface area contributed by atoms with Crippen LogP contribution in [0.3, 0.4) is 0 Å². The third-order valence-electron chi connectivity index (χ3n) is 3.06. The minimum absolute atomic E-state index is 0.139. The average Bonchev–Trinajstić information content (AvgIpc) is 2.37. The van der Waals surface area contributed by atoms with Gasteiger partial charge < -0.3 is 4.74 Å². The Kier molecular flexibility index (Phi) is 12.1. The summed E-state index contributed by atoms with van der Waals surface area (Å²) < 4.78 is 5.23. The first-order chi connectivity index (χ1) is 8.72. The van der Waals surface area contributed by atoms with E-state index >= 15 is 0 Å². The number of hydrogen-bond donors (Lipinski definition) is 0. The van der Waals surface area contributed by atoms with Crippen LogP contribution in [0.2, 0.25) is 0 Å². The van der Waals surface area contributed by atoms with Gasteiger partial charge in [-0.15, -0.1) is 0 Å². The number of esters is 1. The highest BCUT2D eigenvalue weighted by molar-refractivity contribution is 5.87. The van der Waals surface area contributed by atoms with Gasteiger partial charge in [0, 0.05) is 5.57 Å². The van der Waals surface area contributed by atoms with Crippen LogP contribution in [0.5, 0.6) is 0 Å². The number of rotatable bonds is 11. The van der Waals surface area contributed by atoms with E-state index < -0.39 is 0 Å². The number of hydrogen-bond acceptors (Lipinski definition) is 2. The second-order valence-corrected chi connectivity index (χ2v) is 4.93. The fourth-order valence-corrected chi connectivity index (χ4v) is 1.77. The lowest BCUT2D eigenvalue weighted by molar-refractivity contribution is -0.139. The smallest absolute Gasteiger partial charge is 0.333 e. The van der Waals surface area contributed by atoms with Crippen LogP contribution in [0.25, 0.3) is 0 Å². The Morgan fingerprint density at radius 1 is 0.944 bits per heavy atom. The SMILES string of the molecule is CCCC/C=C(\C)C(=O)OCCCCCCCC. The first-order valence-corrected chi connectivity index (χ1v) is 7.56. The van der Waals surface area contributed by atoms with Crippen LogP contribution in [0.4, 0.5) is 0 Å². The summed E-state index contributed by atoms with van der Waals surface area (Å²) in [6.07, 6.45) is 12.6. The fraction of sp³-hybridized carbons (Fsp3) is 0.812. The van der Waals surface area contributed by atoms with E-state index in [2.05, 4.69) is 13.8 Å². The van der Waals surface area contributed by atoms with Crippen molar-refractivity contribution in [3.8, 4) is 0 Å². The van der Waals surface area contributed by atoms with E-state index in [0.29, 0.717) is 6.61 Å². The van der Waals surface area contributed by atoms with E-state index in [-0.39, 0.29) is 5.97 Å². The van der Waals surface area contributed by atoms with Gasteiger partial charge >= 0.3 is 5.97 Å². The molecule has 0 aliphatic carbocycles. The molecule has 18 heavy (non-hydrogen) atoms. The average molecular weight is 254 g/mol. The van der Waals surface area contributed by atoms with Gasteiger partial charge in [-0.3, -0.25) is 0 Å². The zero-order valence-electron chi connectivity index (χ0n) is 12.5. The lowest BCUT2D eigenvalue weighted by atomic mass is 10.1. The number of carbonyl (C=O) groups excluding carboxylic acids is 1. The van der Waals surface area contributed by atoms with Gasteiger partial charge in [-0.1, -0.05) is 64.9 Å². The van der Waals surface area contributed by atoms with Crippen LogP contribution >= 0.6 is 0 Å². The van der Waals surface area contributed by atoms with E-state index in [4.69, 9.17) is 4.74 Å². The van der Waals surface area contributed by atoms with Gasteiger partial charge in [0.15, 0.2) is 0 Å². The summed E-state index contributed by atoms with van der Waals surface area (Å²) in [4.78, 5) is 11.6. The van der Waals surface area contributed by atoms with Gasteiger partial charge in [-0.05, 0) is 19.8 Å². The Balaban J connectivity index is 3.49. The molecule has 0 aliphatic rings. The number of ether oxygens (including phenoxy) is 1. The first-order valence-electron chi connectivity index (χ1n) is 7.56. The molecule has 2 nitrogen and oxygen atoms in total. The number of carbonyl (C=O) groups is 1. The quantitative estimate of drug-likeness (QED) is 0.294. The molecule has 0 aliphatic heterocycles. The minimum atomic E-state index is -0.139. The van der Waals surface area contributed by atoms with Crippen molar-refractivity contribution in [1.82, 2.24) is 0 Å². The molecule has 0 aromatic carbocycles. The largest absolute Gasteiger partial charge is 0.462 e. The number of allylic oxidation sites excluding steroid dienone is 1. The molecule has 0 unspecified atom stereocenters. The van der Waals surface area contributed by atoms with Gasteiger partial charge in [-0.25, -0.2) is 4.79 Å². The van der Waals surface area contributed by atoms with Crippen LogP contribution < -0.4 is 0 Å². The standard InChI is InChI=1S/C16H30O2/c1-4-6-8-9-10-12-14-18-16(17)15(3)13-11-7-5-2/h13H,4-12,14H2,1-3H3/b15-13+. The van der Waals surface area contributed by atoms with Crippen LogP contribution in [-0.2, 0) is 9.53 Å². The van der Waals surface area contributed by atoms with E-state index in [1.54, 1.807) is 0 Å². The molecule has 0 saturated carbocycles. The van der Waals surface area contributed by atoms with Crippen LogP contribution in [0.1, 0.15) is 78.6 Å². The van der Waals surface area contributed by atoms with Crippen molar-refractivity contribution in [1.29, 1.82) is 0 Å². The first kappa shape index (κ1) is 17.2. The molecule has 0 aromatic rings. The zero-order chi connectivity index (χ0) is 13.6. The summed E-state index contributed by atoms with van der Waals surface area (Å²) in [5, 5.41) is 0. The molecule has 0 aromatic heterocycles. The third kappa shape index (κ3) is 10.4. The van der Waals surface area contributed by atoms with Gasteiger partial charge in [0.2, 0.25) is 0 Å². The molecule has 0 atom stereocenters. The van der Waals surface area contributed by atoms with Gasteiger partial charge in [0.05, 0.1) is 6.61 Å². The molecular formula is C16H30O2. The van der Waals surface area contributed by atoms with E-state index in [0.717, 1.165) is 31.3 Å². The van der Waals surface area contributed by atoms with Crippen molar-refractivity contribution in [3.63, 3.8) is 0 Å². The lowest BCUT2D eigenvalue weighted by Gasteiger charge is -2.05. The second-order valence-electron chi connectivity index (χ2n) is 4.93. The molecule has 0 spiro atoms. The zero-order valence-corrected chi connectivity index (χ0v) is 12.5. The Bertz CT molecular complexity index is 231. The molecule has 0 bridgehead atoms. The molecule has 0 radical (unpaired) electrons. The van der Waals surface area contributed by atoms with Crippen molar-refractivity contribution in [3.05, 3.63) is 11.6 Å². The highest BCUT2D eigenvalue weighted by Gasteiger charge is 2.04.